The Morgan fingerprint density at radius 3 is 2.44 bits per heavy atom. The number of carbonyl (C=O) groups excluding carboxylic acids is 3. The van der Waals surface area contributed by atoms with Crippen molar-refractivity contribution >= 4 is 28.7 Å². The zero-order valence-corrected chi connectivity index (χ0v) is 16.9. The van der Waals surface area contributed by atoms with Gasteiger partial charge in [-0.15, -0.1) is 0 Å². The molecule has 0 unspecified atom stereocenters. The van der Waals surface area contributed by atoms with Gasteiger partial charge in [-0.1, -0.05) is 18.2 Å². The summed E-state index contributed by atoms with van der Waals surface area (Å²) in [5.41, 5.74) is 3.88. The lowest BCUT2D eigenvalue weighted by molar-refractivity contribution is -0.128. The minimum Gasteiger partial charge on any atom is -0.492 e. The van der Waals surface area contributed by atoms with E-state index in [-0.39, 0.29) is 37.7 Å². The first kappa shape index (κ1) is 22.7. The Morgan fingerprint density at radius 1 is 1.00 bits per heavy atom. The van der Waals surface area contributed by atoms with E-state index in [9.17, 15) is 14.4 Å². The van der Waals surface area contributed by atoms with E-state index < -0.39 is 17.7 Å². The summed E-state index contributed by atoms with van der Waals surface area (Å²) in [7, 11) is 0. The SMILES string of the molecule is O=C(CNCN(CCOc1ccc(C(=O)NO)cc1)C(=O)c1cc2ccccc2o1)NO. The van der Waals surface area contributed by atoms with E-state index in [0.717, 1.165) is 5.39 Å². The van der Waals surface area contributed by atoms with Gasteiger partial charge >= 0.3 is 0 Å². The Labute approximate surface area is 182 Å². The van der Waals surface area contributed by atoms with Crippen molar-refractivity contribution < 1.29 is 34.0 Å². The molecule has 1 heterocycles. The van der Waals surface area contributed by atoms with Crippen LogP contribution in [0.5, 0.6) is 5.75 Å². The number of nitrogens with one attached hydrogen (secondary N) is 3. The van der Waals surface area contributed by atoms with Crippen LogP contribution in [0, 0.1) is 0 Å². The molecule has 11 nitrogen and oxygen atoms in total. The number of para-hydroxylation sites is 1. The topological polar surface area (TPSA) is 153 Å². The van der Waals surface area contributed by atoms with Crippen LogP contribution in [0.1, 0.15) is 20.9 Å². The lowest BCUT2D eigenvalue weighted by Gasteiger charge is -2.22. The number of carbonyl (C=O) groups is 3. The molecule has 0 aliphatic carbocycles. The predicted molar refractivity (Wildman–Crippen MR) is 111 cm³/mol. The van der Waals surface area contributed by atoms with Crippen LogP contribution >= 0.6 is 0 Å². The number of amides is 3. The fourth-order valence-corrected chi connectivity index (χ4v) is 2.88. The van der Waals surface area contributed by atoms with Gasteiger partial charge in [-0.25, -0.2) is 11.0 Å². The number of hydrogen-bond donors (Lipinski definition) is 5. The summed E-state index contributed by atoms with van der Waals surface area (Å²) in [6, 6.07) is 14.9. The van der Waals surface area contributed by atoms with Crippen LogP contribution < -0.4 is 21.0 Å². The molecule has 1 aromatic heterocycles. The molecular formula is C21H22N4O7. The second kappa shape index (κ2) is 10.9. The van der Waals surface area contributed by atoms with Crippen molar-refractivity contribution in [2.24, 2.45) is 0 Å². The highest BCUT2D eigenvalue weighted by molar-refractivity contribution is 5.96. The number of furan rings is 1. The Balaban J connectivity index is 1.64. The summed E-state index contributed by atoms with van der Waals surface area (Å²) in [5.74, 6) is -1.10. The van der Waals surface area contributed by atoms with Crippen molar-refractivity contribution in [3.05, 3.63) is 65.9 Å². The summed E-state index contributed by atoms with van der Waals surface area (Å²) >= 11 is 0. The van der Waals surface area contributed by atoms with Crippen molar-refractivity contribution in [3.63, 3.8) is 0 Å². The van der Waals surface area contributed by atoms with Crippen LogP contribution in [-0.2, 0) is 4.79 Å². The molecular weight excluding hydrogens is 420 g/mol. The molecule has 0 bridgehead atoms. The average molecular weight is 442 g/mol. The quantitative estimate of drug-likeness (QED) is 0.178. The van der Waals surface area contributed by atoms with E-state index in [4.69, 9.17) is 19.6 Å². The van der Waals surface area contributed by atoms with Gasteiger partial charge in [-0.05, 0) is 36.4 Å². The maximum absolute atomic E-state index is 13.0. The van der Waals surface area contributed by atoms with E-state index in [1.54, 1.807) is 35.8 Å². The molecule has 3 amide bonds. The molecule has 0 radical (unpaired) electrons. The molecule has 3 rings (SSSR count). The summed E-state index contributed by atoms with van der Waals surface area (Å²) in [4.78, 5) is 37.0. The van der Waals surface area contributed by atoms with Gasteiger partial charge in [0.1, 0.15) is 17.9 Å². The lowest BCUT2D eigenvalue weighted by atomic mass is 10.2. The summed E-state index contributed by atoms with van der Waals surface area (Å²) in [6.07, 6.45) is 0. The van der Waals surface area contributed by atoms with Crippen molar-refractivity contribution in [1.82, 2.24) is 21.2 Å². The maximum Gasteiger partial charge on any atom is 0.290 e. The fourth-order valence-electron chi connectivity index (χ4n) is 2.88. The maximum atomic E-state index is 13.0. The zero-order valence-electron chi connectivity index (χ0n) is 16.9. The highest BCUT2D eigenvalue weighted by atomic mass is 16.5. The number of hydroxylamine groups is 2. The predicted octanol–water partition coefficient (Wildman–Crippen LogP) is 1.13. The monoisotopic (exact) mass is 442 g/mol. The highest BCUT2D eigenvalue weighted by Crippen LogP contribution is 2.20. The molecule has 168 valence electrons. The molecule has 0 atom stereocenters. The van der Waals surface area contributed by atoms with Gasteiger partial charge in [-0.2, -0.15) is 0 Å². The normalized spacial score (nSPS) is 10.6. The Bertz CT molecular complexity index is 1050. The Morgan fingerprint density at radius 2 is 1.75 bits per heavy atom. The second-order valence-corrected chi connectivity index (χ2v) is 6.65. The minimum atomic E-state index is -0.649. The summed E-state index contributed by atoms with van der Waals surface area (Å²) in [5, 5.41) is 20.8. The van der Waals surface area contributed by atoms with Crippen LogP contribution in [0.3, 0.4) is 0 Å². The molecule has 0 fully saturated rings. The van der Waals surface area contributed by atoms with Crippen LogP contribution in [0.2, 0.25) is 0 Å². The number of ether oxygens (including phenoxy) is 1. The number of hydrogen-bond acceptors (Lipinski definition) is 8. The van der Waals surface area contributed by atoms with Gasteiger partial charge in [0.25, 0.3) is 17.7 Å². The molecule has 3 aromatic rings. The van der Waals surface area contributed by atoms with Crippen molar-refractivity contribution in [3.8, 4) is 5.75 Å². The first-order valence-electron chi connectivity index (χ1n) is 9.60. The number of rotatable bonds is 10. The van der Waals surface area contributed by atoms with Crippen LogP contribution in [0.25, 0.3) is 11.0 Å². The lowest BCUT2D eigenvalue weighted by Crippen LogP contribution is -2.44. The summed E-state index contributed by atoms with van der Waals surface area (Å²) in [6.45, 7) is 0.0752. The van der Waals surface area contributed by atoms with Crippen LogP contribution in [0.4, 0.5) is 0 Å². The van der Waals surface area contributed by atoms with Crippen LogP contribution in [0.15, 0.2) is 59.0 Å². The van der Waals surface area contributed by atoms with Gasteiger partial charge in [-0.3, -0.25) is 30.1 Å². The van der Waals surface area contributed by atoms with E-state index in [1.807, 2.05) is 12.1 Å². The molecule has 32 heavy (non-hydrogen) atoms. The van der Waals surface area contributed by atoms with Gasteiger partial charge in [0, 0.05) is 10.9 Å². The first-order valence-corrected chi connectivity index (χ1v) is 9.60. The standard InChI is InChI=1S/C21H22N4O7/c26-19(23-29)12-22-13-25(21(28)18-11-15-3-1-2-4-17(15)32-18)9-10-31-16-7-5-14(6-8-16)20(27)24-30/h1-8,11,22,29-30H,9-10,12-13H2,(H,23,26)(H,24,27). The average Bonchev–Trinajstić information content (AvgIpc) is 3.26. The molecule has 0 aliphatic rings. The molecule has 5 N–H and O–H groups in total. The largest absolute Gasteiger partial charge is 0.492 e. The van der Waals surface area contributed by atoms with Gasteiger partial charge in [0.15, 0.2) is 5.76 Å². The Kier molecular flexibility index (Phi) is 7.75. The molecule has 0 aliphatic heterocycles. The number of nitrogens with zero attached hydrogens (tertiary/aromatic N) is 1. The number of benzene rings is 2. The van der Waals surface area contributed by atoms with Gasteiger partial charge in [0.05, 0.1) is 19.8 Å². The van der Waals surface area contributed by atoms with Crippen molar-refractivity contribution in [1.29, 1.82) is 0 Å². The third-order valence-electron chi connectivity index (χ3n) is 4.48. The molecule has 0 spiro atoms. The van der Waals surface area contributed by atoms with Crippen molar-refractivity contribution in [2.45, 2.75) is 0 Å². The zero-order chi connectivity index (χ0) is 22.9. The molecule has 0 saturated heterocycles. The van der Waals surface area contributed by atoms with E-state index in [1.165, 1.54) is 22.5 Å². The Hall–Kier alpha value is -3.93. The third-order valence-corrected chi connectivity index (χ3v) is 4.48. The third kappa shape index (κ3) is 5.82. The minimum absolute atomic E-state index is 0.00225. The second-order valence-electron chi connectivity index (χ2n) is 6.65. The van der Waals surface area contributed by atoms with E-state index >= 15 is 0 Å². The smallest absolute Gasteiger partial charge is 0.290 e. The van der Waals surface area contributed by atoms with Gasteiger partial charge in [0.2, 0.25) is 0 Å². The molecule has 0 saturated carbocycles. The van der Waals surface area contributed by atoms with E-state index in [0.29, 0.717) is 11.3 Å². The summed E-state index contributed by atoms with van der Waals surface area (Å²) < 4.78 is 11.3. The van der Waals surface area contributed by atoms with Crippen molar-refractivity contribution in [2.75, 3.05) is 26.4 Å². The van der Waals surface area contributed by atoms with Crippen LogP contribution in [-0.4, -0.2) is 59.4 Å². The fraction of sp³-hybridized carbons (Fsp3) is 0.190. The first-order chi connectivity index (χ1) is 15.5. The molecule has 11 heteroatoms. The van der Waals surface area contributed by atoms with Gasteiger partial charge < -0.3 is 14.1 Å². The van der Waals surface area contributed by atoms with E-state index in [2.05, 4.69) is 5.32 Å². The number of fused-ring (bicyclic) bond motifs is 1. The highest BCUT2D eigenvalue weighted by Gasteiger charge is 2.20. The molecule has 2 aromatic carbocycles.